The first-order valence-electron chi connectivity index (χ1n) is 7.54. The van der Waals surface area contributed by atoms with Gasteiger partial charge in [-0.25, -0.2) is 4.79 Å². The molecular weight excluding hydrogens is 404 g/mol. The molecule has 0 saturated carbocycles. The van der Waals surface area contributed by atoms with Gasteiger partial charge in [0.15, 0.2) is 0 Å². The van der Waals surface area contributed by atoms with Crippen LogP contribution in [0, 0.1) is 0 Å². The molecule has 1 fully saturated rings. The van der Waals surface area contributed by atoms with E-state index in [4.69, 9.17) is 4.74 Å². The molecule has 128 valence electrons. The lowest BCUT2D eigenvalue weighted by molar-refractivity contribution is -0.149. The van der Waals surface area contributed by atoms with Gasteiger partial charge in [-0.2, -0.15) is 0 Å². The SMILES string of the molecule is O=C1OC2(C(=O)c3ccccc3C2=O)C(=C(O)c2ccc(Br)cc2)C1=O. The van der Waals surface area contributed by atoms with Gasteiger partial charge in [-0.1, -0.05) is 52.3 Å². The van der Waals surface area contributed by atoms with E-state index in [1.54, 1.807) is 24.3 Å². The van der Waals surface area contributed by atoms with Crippen LogP contribution < -0.4 is 0 Å². The number of ether oxygens (including phenoxy) is 1. The minimum absolute atomic E-state index is 0.0427. The minimum atomic E-state index is -2.46. The highest BCUT2D eigenvalue weighted by Gasteiger charge is 2.67. The molecule has 1 spiro atoms. The molecule has 1 heterocycles. The van der Waals surface area contributed by atoms with Gasteiger partial charge in [0, 0.05) is 21.2 Å². The summed E-state index contributed by atoms with van der Waals surface area (Å²) in [6.07, 6.45) is 0. The molecule has 0 aromatic heterocycles. The minimum Gasteiger partial charge on any atom is -0.507 e. The Labute approximate surface area is 155 Å². The first-order chi connectivity index (χ1) is 12.4. The fraction of sp³-hybridized carbons (Fsp3) is 0.0526. The third kappa shape index (κ3) is 1.97. The lowest BCUT2D eigenvalue weighted by atomic mass is 9.85. The van der Waals surface area contributed by atoms with Crippen LogP contribution in [-0.4, -0.2) is 34.0 Å². The number of fused-ring (bicyclic) bond motifs is 1. The molecule has 0 amide bonds. The average Bonchev–Trinajstić information content (AvgIpc) is 3.03. The van der Waals surface area contributed by atoms with Crippen molar-refractivity contribution in [1.82, 2.24) is 0 Å². The van der Waals surface area contributed by atoms with Crippen LogP contribution >= 0.6 is 15.9 Å². The van der Waals surface area contributed by atoms with Gasteiger partial charge in [-0.3, -0.25) is 14.4 Å². The molecule has 4 rings (SSSR count). The van der Waals surface area contributed by atoms with Crippen molar-refractivity contribution in [2.75, 3.05) is 0 Å². The van der Waals surface area contributed by atoms with E-state index in [0.717, 1.165) is 4.47 Å². The van der Waals surface area contributed by atoms with Crippen LogP contribution in [0.2, 0.25) is 0 Å². The van der Waals surface area contributed by atoms with E-state index in [1.165, 1.54) is 24.3 Å². The summed E-state index contributed by atoms with van der Waals surface area (Å²) in [6.45, 7) is 0. The topological polar surface area (TPSA) is 97.7 Å². The number of benzene rings is 2. The lowest BCUT2D eigenvalue weighted by Crippen LogP contribution is -2.43. The Balaban J connectivity index is 1.99. The van der Waals surface area contributed by atoms with Crippen molar-refractivity contribution in [2.24, 2.45) is 0 Å². The first kappa shape index (κ1) is 16.4. The lowest BCUT2D eigenvalue weighted by Gasteiger charge is -2.20. The highest BCUT2D eigenvalue weighted by molar-refractivity contribution is 9.10. The van der Waals surface area contributed by atoms with Gasteiger partial charge in [0.25, 0.3) is 11.4 Å². The zero-order valence-electron chi connectivity index (χ0n) is 13.0. The fourth-order valence-corrected chi connectivity index (χ4v) is 3.47. The van der Waals surface area contributed by atoms with Gasteiger partial charge in [-0.05, 0) is 12.1 Å². The van der Waals surface area contributed by atoms with Crippen LogP contribution in [0.3, 0.4) is 0 Å². The number of carbonyl (C=O) groups is 4. The van der Waals surface area contributed by atoms with Crippen LogP contribution in [0.25, 0.3) is 5.76 Å². The Morgan fingerprint density at radius 1 is 0.885 bits per heavy atom. The van der Waals surface area contributed by atoms with Crippen LogP contribution in [-0.2, 0) is 14.3 Å². The first-order valence-corrected chi connectivity index (χ1v) is 8.33. The largest absolute Gasteiger partial charge is 0.507 e. The second-order valence-electron chi connectivity index (χ2n) is 5.83. The number of halogens is 1. The number of carbonyl (C=O) groups excluding carboxylic acids is 4. The highest BCUT2D eigenvalue weighted by Crippen LogP contribution is 2.44. The third-order valence-electron chi connectivity index (χ3n) is 4.42. The molecule has 1 saturated heterocycles. The van der Waals surface area contributed by atoms with E-state index in [-0.39, 0.29) is 16.7 Å². The maximum Gasteiger partial charge on any atom is 0.381 e. The molecule has 1 aliphatic carbocycles. The zero-order chi connectivity index (χ0) is 18.6. The quantitative estimate of drug-likeness (QED) is 0.254. The van der Waals surface area contributed by atoms with E-state index in [1.807, 2.05) is 0 Å². The van der Waals surface area contributed by atoms with Crippen LogP contribution in [0.5, 0.6) is 0 Å². The molecule has 26 heavy (non-hydrogen) atoms. The molecule has 1 N–H and O–H groups in total. The second-order valence-corrected chi connectivity index (χ2v) is 6.75. The Bertz CT molecular complexity index is 1010. The maximum atomic E-state index is 12.9. The molecule has 0 unspecified atom stereocenters. The molecule has 2 aromatic rings. The number of hydrogen-bond acceptors (Lipinski definition) is 6. The Morgan fingerprint density at radius 3 is 1.96 bits per heavy atom. The summed E-state index contributed by atoms with van der Waals surface area (Å²) < 4.78 is 5.71. The van der Waals surface area contributed by atoms with Crippen molar-refractivity contribution in [2.45, 2.75) is 5.60 Å². The van der Waals surface area contributed by atoms with Gasteiger partial charge >= 0.3 is 5.97 Å². The van der Waals surface area contributed by atoms with Crippen LogP contribution in [0.1, 0.15) is 26.3 Å². The van der Waals surface area contributed by atoms with Gasteiger partial charge in [-0.15, -0.1) is 0 Å². The van der Waals surface area contributed by atoms with E-state index < -0.39 is 40.3 Å². The van der Waals surface area contributed by atoms with E-state index in [9.17, 15) is 24.3 Å². The molecule has 0 atom stereocenters. The van der Waals surface area contributed by atoms with Crippen LogP contribution in [0.15, 0.2) is 58.6 Å². The normalized spacial score (nSPS) is 19.7. The molecule has 7 heteroatoms. The summed E-state index contributed by atoms with van der Waals surface area (Å²) >= 11 is 3.25. The summed E-state index contributed by atoms with van der Waals surface area (Å²) in [5, 5.41) is 10.6. The Hall–Kier alpha value is -3.06. The predicted octanol–water partition coefficient (Wildman–Crippen LogP) is 2.66. The summed E-state index contributed by atoms with van der Waals surface area (Å²) in [5.74, 6) is -4.87. The number of aliphatic hydroxyl groups excluding tert-OH is 1. The van der Waals surface area contributed by atoms with Crippen molar-refractivity contribution in [3.8, 4) is 0 Å². The van der Waals surface area contributed by atoms with Gasteiger partial charge in [0.2, 0.25) is 11.6 Å². The van der Waals surface area contributed by atoms with Gasteiger partial charge < -0.3 is 9.84 Å². The monoisotopic (exact) mass is 412 g/mol. The van der Waals surface area contributed by atoms with Crippen molar-refractivity contribution >= 4 is 45.0 Å². The van der Waals surface area contributed by atoms with Crippen molar-refractivity contribution in [1.29, 1.82) is 0 Å². The standard InChI is InChI=1S/C19H9BrO6/c20-10-7-5-9(6-8-10)14(21)13-15(22)18(25)26-19(13)16(23)11-3-1-2-4-12(11)17(19)24/h1-8,21H. The molecular formula is C19H9BrO6. The molecule has 0 bridgehead atoms. The molecule has 6 nitrogen and oxygen atoms in total. The maximum absolute atomic E-state index is 12.9. The summed E-state index contributed by atoms with van der Waals surface area (Å²) in [7, 11) is 0. The summed E-state index contributed by atoms with van der Waals surface area (Å²) in [5.41, 5.74) is -2.85. The summed E-state index contributed by atoms with van der Waals surface area (Å²) in [4.78, 5) is 50.2. The average molecular weight is 413 g/mol. The second kappa shape index (κ2) is 5.47. The number of esters is 1. The van der Waals surface area contributed by atoms with Crippen LogP contribution in [0.4, 0.5) is 0 Å². The smallest absolute Gasteiger partial charge is 0.381 e. The Morgan fingerprint density at radius 2 is 1.42 bits per heavy atom. The molecule has 0 radical (unpaired) electrons. The number of rotatable bonds is 1. The van der Waals surface area contributed by atoms with E-state index >= 15 is 0 Å². The highest BCUT2D eigenvalue weighted by atomic mass is 79.9. The van der Waals surface area contributed by atoms with E-state index in [0.29, 0.717) is 0 Å². The van der Waals surface area contributed by atoms with Crippen molar-refractivity contribution in [3.05, 3.63) is 75.3 Å². The third-order valence-corrected chi connectivity index (χ3v) is 4.95. The zero-order valence-corrected chi connectivity index (χ0v) is 14.6. The molecule has 2 aromatic carbocycles. The number of Topliss-reactive ketones (excluding diaryl/α,β-unsaturated/α-hetero) is 3. The summed E-state index contributed by atoms with van der Waals surface area (Å²) in [6, 6.07) is 12.1. The molecule has 1 aliphatic heterocycles. The van der Waals surface area contributed by atoms with Crippen molar-refractivity contribution < 1.29 is 29.0 Å². The van der Waals surface area contributed by atoms with E-state index in [2.05, 4.69) is 15.9 Å². The fourth-order valence-electron chi connectivity index (χ4n) is 3.21. The molecule has 2 aliphatic rings. The van der Waals surface area contributed by atoms with Gasteiger partial charge in [0.05, 0.1) is 0 Å². The van der Waals surface area contributed by atoms with Gasteiger partial charge in [0.1, 0.15) is 11.3 Å². The Kier molecular flexibility index (Phi) is 3.45. The van der Waals surface area contributed by atoms with Crippen molar-refractivity contribution in [3.63, 3.8) is 0 Å². The number of ketones is 3. The number of hydrogen-bond donors (Lipinski definition) is 1. The number of aliphatic hydroxyl groups is 1. The predicted molar refractivity (Wildman–Crippen MR) is 92.6 cm³/mol.